The van der Waals surface area contributed by atoms with Gasteiger partial charge in [-0.1, -0.05) is 13.0 Å². The fourth-order valence-corrected chi connectivity index (χ4v) is 2.48. The molecule has 20 heavy (non-hydrogen) atoms. The summed E-state index contributed by atoms with van der Waals surface area (Å²) in [5.41, 5.74) is 2.19. The van der Waals surface area contributed by atoms with E-state index in [1.54, 1.807) is 0 Å². The van der Waals surface area contributed by atoms with Gasteiger partial charge in [-0.15, -0.1) is 10.2 Å². The van der Waals surface area contributed by atoms with Gasteiger partial charge in [-0.3, -0.25) is 0 Å². The second-order valence-electron chi connectivity index (χ2n) is 5.00. The Morgan fingerprint density at radius 1 is 1.35 bits per heavy atom. The van der Waals surface area contributed by atoms with Gasteiger partial charge in [0.15, 0.2) is 6.61 Å². The first-order valence-corrected chi connectivity index (χ1v) is 7.01. The number of aliphatic hydroxyl groups excluding tert-OH is 1. The summed E-state index contributed by atoms with van der Waals surface area (Å²) in [6.07, 6.45) is 3.22. The van der Waals surface area contributed by atoms with E-state index in [1.807, 2.05) is 25.1 Å². The maximum absolute atomic E-state index is 10.0. The number of fused-ring (bicyclic) bond motifs is 1. The number of nitrogens with zero attached hydrogens (tertiary/aromatic N) is 2. The van der Waals surface area contributed by atoms with E-state index in [-0.39, 0.29) is 12.7 Å². The molecule has 0 fully saturated rings. The first-order valence-electron chi connectivity index (χ1n) is 7.01. The van der Waals surface area contributed by atoms with E-state index >= 15 is 0 Å². The van der Waals surface area contributed by atoms with Crippen LogP contribution in [0.2, 0.25) is 0 Å². The van der Waals surface area contributed by atoms with E-state index in [1.165, 1.54) is 5.56 Å². The molecule has 3 rings (SSSR count). The summed E-state index contributed by atoms with van der Waals surface area (Å²) in [4.78, 5) is 0. The molecule has 1 aliphatic rings. The average molecular weight is 274 g/mol. The summed E-state index contributed by atoms with van der Waals surface area (Å²) in [5.74, 6) is 1.81. The molecule has 1 aliphatic carbocycles. The lowest BCUT2D eigenvalue weighted by atomic mass is 9.89. The second kappa shape index (κ2) is 5.63. The van der Waals surface area contributed by atoms with Gasteiger partial charge in [-0.05, 0) is 42.5 Å². The van der Waals surface area contributed by atoms with Crippen molar-refractivity contribution in [2.75, 3.05) is 0 Å². The number of hydrogen-bond acceptors (Lipinski definition) is 5. The molecule has 0 saturated heterocycles. The molecule has 0 unspecified atom stereocenters. The van der Waals surface area contributed by atoms with Crippen molar-refractivity contribution in [3.05, 3.63) is 41.1 Å². The van der Waals surface area contributed by atoms with Crippen LogP contribution in [0.1, 0.15) is 48.8 Å². The number of aliphatic hydroxyl groups is 1. The Labute approximate surface area is 117 Å². The van der Waals surface area contributed by atoms with Crippen molar-refractivity contribution in [1.82, 2.24) is 10.2 Å². The van der Waals surface area contributed by atoms with Crippen molar-refractivity contribution in [3.63, 3.8) is 0 Å². The fourth-order valence-electron chi connectivity index (χ4n) is 2.48. The van der Waals surface area contributed by atoms with Gasteiger partial charge in [-0.25, -0.2) is 0 Å². The van der Waals surface area contributed by atoms with E-state index in [2.05, 4.69) is 10.2 Å². The van der Waals surface area contributed by atoms with Gasteiger partial charge in [0.05, 0.1) is 6.10 Å². The molecule has 1 N–H and O–H groups in total. The molecule has 0 aliphatic heterocycles. The number of aromatic nitrogens is 2. The molecule has 0 amide bonds. The van der Waals surface area contributed by atoms with E-state index in [9.17, 15) is 5.11 Å². The van der Waals surface area contributed by atoms with Gasteiger partial charge in [0.1, 0.15) is 5.75 Å². The smallest absolute Gasteiger partial charge is 0.253 e. The third kappa shape index (κ3) is 2.67. The third-order valence-corrected chi connectivity index (χ3v) is 3.57. The zero-order valence-electron chi connectivity index (χ0n) is 11.5. The Kier molecular flexibility index (Phi) is 3.69. The number of aryl methyl sites for hydroxylation is 2. The van der Waals surface area contributed by atoms with E-state index in [0.717, 1.165) is 37.0 Å². The molecule has 106 valence electrons. The van der Waals surface area contributed by atoms with Gasteiger partial charge in [-0.2, -0.15) is 0 Å². The quantitative estimate of drug-likeness (QED) is 0.928. The van der Waals surface area contributed by atoms with E-state index < -0.39 is 0 Å². The minimum atomic E-state index is -0.377. The largest absolute Gasteiger partial charge is 0.484 e. The number of rotatable bonds is 4. The van der Waals surface area contributed by atoms with Crippen LogP contribution in [0.5, 0.6) is 5.75 Å². The summed E-state index contributed by atoms with van der Waals surface area (Å²) in [5, 5.41) is 17.8. The van der Waals surface area contributed by atoms with Gasteiger partial charge in [0.25, 0.3) is 5.89 Å². The molecule has 0 spiro atoms. The van der Waals surface area contributed by atoms with Crippen LogP contribution < -0.4 is 4.74 Å². The van der Waals surface area contributed by atoms with Crippen molar-refractivity contribution < 1.29 is 14.3 Å². The highest BCUT2D eigenvalue weighted by Gasteiger charge is 2.18. The highest BCUT2D eigenvalue weighted by Crippen LogP contribution is 2.32. The summed E-state index contributed by atoms with van der Waals surface area (Å²) >= 11 is 0. The number of hydrogen-bond donors (Lipinski definition) is 1. The molecule has 0 saturated carbocycles. The van der Waals surface area contributed by atoms with Crippen molar-refractivity contribution in [2.45, 2.75) is 45.3 Å². The van der Waals surface area contributed by atoms with Gasteiger partial charge in [0, 0.05) is 6.42 Å². The fraction of sp³-hybridized carbons (Fsp3) is 0.467. The molecule has 1 aromatic heterocycles. The van der Waals surface area contributed by atoms with Crippen molar-refractivity contribution in [3.8, 4) is 5.75 Å². The summed E-state index contributed by atoms with van der Waals surface area (Å²) in [6.45, 7) is 2.21. The predicted molar refractivity (Wildman–Crippen MR) is 72.3 cm³/mol. The maximum Gasteiger partial charge on any atom is 0.253 e. The van der Waals surface area contributed by atoms with Crippen molar-refractivity contribution >= 4 is 0 Å². The molecule has 1 heterocycles. The van der Waals surface area contributed by atoms with Crippen molar-refractivity contribution in [2.24, 2.45) is 0 Å². The SMILES string of the molecule is CCc1nnc(COc2ccc3c(c2)[C@@H](O)CCC3)o1. The second-order valence-corrected chi connectivity index (χ2v) is 5.00. The first-order chi connectivity index (χ1) is 9.76. The Hall–Kier alpha value is -1.88. The van der Waals surface area contributed by atoms with Gasteiger partial charge in [0.2, 0.25) is 5.89 Å². The minimum absolute atomic E-state index is 0.252. The molecular formula is C15H18N2O3. The van der Waals surface area contributed by atoms with Gasteiger partial charge < -0.3 is 14.3 Å². The highest BCUT2D eigenvalue weighted by atomic mass is 16.5. The molecule has 0 bridgehead atoms. The van der Waals surface area contributed by atoms with Crippen LogP contribution in [0.4, 0.5) is 0 Å². The Morgan fingerprint density at radius 2 is 2.20 bits per heavy atom. The van der Waals surface area contributed by atoms with Gasteiger partial charge >= 0.3 is 0 Å². The molecule has 1 aromatic carbocycles. The molecule has 2 aromatic rings. The standard InChI is InChI=1S/C15H18N2O3/c1-2-14-16-17-15(20-14)9-19-11-7-6-10-4-3-5-13(18)12(10)8-11/h6-8,13,18H,2-5,9H2,1H3/t13-/m0/s1. The molecule has 1 atom stereocenters. The average Bonchev–Trinajstić information content (AvgIpc) is 2.94. The van der Waals surface area contributed by atoms with Crippen LogP contribution in [0.15, 0.2) is 22.6 Å². The monoisotopic (exact) mass is 274 g/mol. The van der Waals surface area contributed by atoms with Crippen molar-refractivity contribution in [1.29, 1.82) is 0 Å². The van der Waals surface area contributed by atoms with Crippen LogP contribution in [0.3, 0.4) is 0 Å². The lowest BCUT2D eigenvalue weighted by Gasteiger charge is -2.21. The summed E-state index contributed by atoms with van der Waals surface area (Å²) in [7, 11) is 0. The van der Waals surface area contributed by atoms with E-state index in [0.29, 0.717) is 11.8 Å². The number of ether oxygens (including phenoxy) is 1. The van der Waals surface area contributed by atoms with Crippen LogP contribution in [-0.4, -0.2) is 15.3 Å². The lowest BCUT2D eigenvalue weighted by molar-refractivity contribution is 0.155. The normalized spacial score (nSPS) is 17.8. The maximum atomic E-state index is 10.0. The zero-order valence-corrected chi connectivity index (χ0v) is 11.5. The summed E-state index contributed by atoms with van der Waals surface area (Å²) in [6, 6.07) is 5.86. The first kappa shape index (κ1) is 13.1. The van der Waals surface area contributed by atoms with Crippen LogP contribution in [0.25, 0.3) is 0 Å². The van der Waals surface area contributed by atoms with E-state index in [4.69, 9.17) is 9.15 Å². The highest BCUT2D eigenvalue weighted by molar-refractivity contribution is 5.38. The Morgan fingerprint density at radius 3 is 3.00 bits per heavy atom. The third-order valence-electron chi connectivity index (χ3n) is 3.57. The predicted octanol–water partition coefficient (Wildman–Crippen LogP) is 2.58. The molecular weight excluding hydrogens is 256 g/mol. The van der Waals surface area contributed by atoms with Crippen LogP contribution in [-0.2, 0) is 19.4 Å². The zero-order chi connectivity index (χ0) is 13.9. The molecule has 0 radical (unpaired) electrons. The molecule has 5 nitrogen and oxygen atoms in total. The minimum Gasteiger partial charge on any atom is -0.484 e. The summed E-state index contributed by atoms with van der Waals surface area (Å²) < 4.78 is 11.0. The lowest BCUT2D eigenvalue weighted by Crippen LogP contribution is -2.09. The number of benzene rings is 1. The van der Waals surface area contributed by atoms with Crippen LogP contribution in [0, 0.1) is 0 Å². The van der Waals surface area contributed by atoms with Crippen LogP contribution >= 0.6 is 0 Å². The molecule has 5 heteroatoms. The Bertz CT molecular complexity index is 595. The Balaban J connectivity index is 1.70. The topological polar surface area (TPSA) is 68.4 Å².